The molecule has 0 saturated heterocycles. The largest absolute Gasteiger partial charge is 0.435 e. The molecule has 0 bridgehead atoms. The first-order chi connectivity index (χ1) is 16.9. The fraction of sp³-hybridized carbons (Fsp3) is 0.0870. The Bertz CT molecular complexity index is 1370. The van der Waals surface area contributed by atoms with E-state index in [-0.39, 0.29) is 17.2 Å². The van der Waals surface area contributed by atoms with Crippen molar-refractivity contribution in [3.63, 3.8) is 0 Å². The van der Waals surface area contributed by atoms with Gasteiger partial charge in [-0.2, -0.15) is 4.39 Å². The highest BCUT2D eigenvalue weighted by Crippen LogP contribution is 2.36. The lowest BCUT2D eigenvalue weighted by Crippen LogP contribution is -2.03. The van der Waals surface area contributed by atoms with Gasteiger partial charge in [0.2, 0.25) is 17.6 Å². The fourth-order valence-electron chi connectivity index (χ4n) is 2.98. The minimum absolute atomic E-state index is 0.0300. The average Bonchev–Trinajstić information content (AvgIpc) is 2.86. The molecule has 35 heavy (non-hydrogen) atoms. The summed E-state index contributed by atoms with van der Waals surface area (Å²) in [6.07, 6.45) is 2.85. The maximum Gasteiger partial charge on any atom is 0.228 e. The van der Waals surface area contributed by atoms with Gasteiger partial charge in [-0.1, -0.05) is 0 Å². The van der Waals surface area contributed by atoms with Crippen LogP contribution in [0.5, 0.6) is 11.6 Å². The van der Waals surface area contributed by atoms with Crippen molar-refractivity contribution in [1.82, 2.24) is 15.0 Å². The summed E-state index contributed by atoms with van der Waals surface area (Å²) in [5, 5.41) is 2.78. The summed E-state index contributed by atoms with van der Waals surface area (Å²) >= 11 is 0.656. The number of nitrogens with one attached hydrogen (secondary N) is 2. The Hall–Kier alpha value is -3.93. The van der Waals surface area contributed by atoms with Crippen LogP contribution in [0.1, 0.15) is 5.56 Å². The van der Waals surface area contributed by atoms with E-state index in [1.54, 1.807) is 25.2 Å². The number of hydrogen-bond acceptors (Lipinski definition) is 7. The molecule has 0 atom stereocenters. The third kappa shape index (κ3) is 5.43. The van der Waals surface area contributed by atoms with E-state index in [4.69, 9.17) is 4.74 Å². The van der Waals surface area contributed by atoms with Crippen LogP contribution in [-0.2, 0) is 5.75 Å². The molecule has 4 rings (SSSR count). The van der Waals surface area contributed by atoms with Gasteiger partial charge in [0.25, 0.3) is 0 Å². The monoisotopic (exact) mass is 505 g/mol. The van der Waals surface area contributed by atoms with Crippen molar-refractivity contribution >= 4 is 23.6 Å². The number of pyridine rings is 1. The number of halogens is 5. The molecule has 4 aromatic rings. The molecule has 2 heterocycles. The first-order valence-electron chi connectivity index (χ1n) is 10.0. The van der Waals surface area contributed by atoms with Crippen LogP contribution in [0.25, 0.3) is 11.3 Å². The molecule has 0 amide bonds. The highest BCUT2D eigenvalue weighted by atomic mass is 32.2. The standard InChI is InChI=1S/C23H16F5N5OS/c1-29-23-31-8-6-17(32-23)14-3-2-7-30-22(14)34-18-10-16(26)21(20(28)19(18)27)33-35-11-12-9-13(24)4-5-15(12)25/h2-10,33H,11H2,1H3,(H,29,31,32). The predicted molar refractivity (Wildman–Crippen MR) is 122 cm³/mol. The van der Waals surface area contributed by atoms with E-state index in [9.17, 15) is 22.0 Å². The quantitative estimate of drug-likeness (QED) is 0.165. The summed E-state index contributed by atoms with van der Waals surface area (Å²) in [6.45, 7) is 0. The van der Waals surface area contributed by atoms with Gasteiger partial charge in [-0.15, -0.1) is 0 Å². The summed E-state index contributed by atoms with van der Waals surface area (Å²) in [6, 6.07) is 8.23. The van der Waals surface area contributed by atoms with Crippen LogP contribution in [0.3, 0.4) is 0 Å². The van der Waals surface area contributed by atoms with Gasteiger partial charge < -0.3 is 14.8 Å². The van der Waals surface area contributed by atoms with Crippen LogP contribution in [0.2, 0.25) is 0 Å². The number of hydrogen-bond donors (Lipinski definition) is 2. The molecular formula is C23H16F5N5OS. The van der Waals surface area contributed by atoms with Gasteiger partial charge in [0, 0.05) is 36.8 Å². The zero-order valence-corrected chi connectivity index (χ0v) is 18.8. The smallest absolute Gasteiger partial charge is 0.228 e. The van der Waals surface area contributed by atoms with Crippen LogP contribution in [-0.4, -0.2) is 22.0 Å². The number of anilines is 2. The van der Waals surface area contributed by atoms with Crippen LogP contribution in [0.15, 0.2) is 54.9 Å². The molecule has 2 aromatic carbocycles. The van der Waals surface area contributed by atoms with Crippen LogP contribution < -0.4 is 14.8 Å². The Morgan fingerprint density at radius 1 is 0.914 bits per heavy atom. The number of rotatable bonds is 8. The molecule has 6 nitrogen and oxygen atoms in total. The highest BCUT2D eigenvalue weighted by molar-refractivity contribution is 7.99. The average molecular weight is 505 g/mol. The molecule has 180 valence electrons. The lowest BCUT2D eigenvalue weighted by molar-refractivity contribution is 0.401. The third-order valence-electron chi connectivity index (χ3n) is 4.67. The molecule has 2 aromatic heterocycles. The van der Waals surface area contributed by atoms with Gasteiger partial charge in [-0.05, 0) is 48.3 Å². The maximum absolute atomic E-state index is 14.8. The van der Waals surface area contributed by atoms with Gasteiger partial charge in [-0.25, -0.2) is 32.5 Å². The van der Waals surface area contributed by atoms with Crippen molar-refractivity contribution in [2.24, 2.45) is 0 Å². The van der Waals surface area contributed by atoms with Crippen molar-refractivity contribution in [3.05, 3.63) is 89.5 Å². The van der Waals surface area contributed by atoms with Crippen molar-refractivity contribution in [1.29, 1.82) is 0 Å². The predicted octanol–water partition coefficient (Wildman–Crippen LogP) is 6.33. The van der Waals surface area contributed by atoms with Crippen molar-refractivity contribution in [2.45, 2.75) is 5.75 Å². The van der Waals surface area contributed by atoms with Gasteiger partial charge in [0.1, 0.15) is 17.3 Å². The van der Waals surface area contributed by atoms with Crippen molar-refractivity contribution in [3.8, 4) is 22.9 Å². The van der Waals surface area contributed by atoms with E-state index in [1.165, 1.54) is 12.4 Å². The van der Waals surface area contributed by atoms with E-state index in [0.29, 0.717) is 35.2 Å². The summed E-state index contributed by atoms with van der Waals surface area (Å²) in [7, 11) is 1.63. The number of benzene rings is 2. The zero-order chi connectivity index (χ0) is 24.9. The Balaban J connectivity index is 1.56. The first kappa shape index (κ1) is 24.2. The summed E-state index contributed by atoms with van der Waals surface area (Å²) in [4.78, 5) is 12.3. The minimum atomic E-state index is -1.55. The van der Waals surface area contributed by atoms with Crippen LogP contribution >= 0.6 is 11.9 Å². The van der Waals surface area contributed by atoms with Crippen LogP contribution in [0, 0.1) is 29.1 Å². The van der Waals surface area contributed by atoms with E-state index in [1.807, 2.05) is 0 Å². The lowest BCUT2D eigenvalue weighted by atomic mass is 10.2. The second-order valence-electron chi connectivity index (χ2n) is 6.96. The number of aromatic nitrogens is 3. The van der Waals surface area contributed by atoms with E-state index < -0.39 is 40.5 Å². The molecule has 2 N–H and O–H groups in total. The van der Waals surface area contributed by atoms with Crippen LogP contribution in [0.4, 0.5) is 33.6 Å². The maximum atomic E-state index is 14.8. The third-order valence-corrected chi connectivity index (χ3v) is 5.47. The molecule has 12 heteroatoms. The Morgan fingerprint density at radius 3 is 2.54 bits per heavy atom. The minimum Gasteiger partial charge on any atom is -0.435 e. The molecule has 0 unspecified atom stereocenters. The molecular weight excluding hydrogens is 489 g/mol. The fourth-order valence-corrected chi connectivity index (χ4v) is 3.76. The Morgan fingerprint density at radius 2 is 1.74 bits per heavy atom. The Kier molecular flexibility index (Phi) is 7.30. The molecule has 0 aliphatic carbocycles. The van der Waals surface area contributed by atoms with E-state index in [2.05, 4.69) is 25.0 Å². The Labute approximate surface area is 200 Å². The summed E-state index contributed by atoms with van der Waals surface area (Å²) < 4.78 is 78.8. The molecule has 0 fully saturated rings. The van der Waals surface area contributed by atoms with Crippen molar-refractivity contribution < 1.29 is 26.7 Å². The second-order valence-corrected chi connectivity index (χ2v) is 7.74. The van der Waals surface area contributed by atoms with E-state index in [0.717, 1.165) is 18.2 Å². The molecule has 0 saturated carbocycles. The zero-order valence-electron chi connectivity index (χ0n) is 18.0. The van der Waals surface area contributed by atoms with Gasteiger partial charge in [0.05, 0.1) is 11.3 Å². The number of nitrogens with zero attached hydrogens (tertiary/aromatic N) is 3. The van der Waals surface area contributed by atoms with Gasteiger partial charge in [-0.3, -0.25) is 0 Å². The summed E-state index contributed by atoms with van der Waals surface area (Å²) in [5.41, 5.74) is -0.112. The normalized spacial score (nSPS) is 10.8. The molecule has 0 aliphatic rings. The lowest BCUT2D eigenvalue weighted by Gasteiger charge is -2.14. The molecule has 0 aliphatic heterocycles. The molecule has 0 spiro atoms. The summed E-state index contributed by atoms with van der Waals surface area (Å²) in [5.74, 6) is -6.27. The van der Waals surface area contributed by atoms with Gasteiger partial charge in [0.15, 0.2) is 17.4 Å². The highest BCUT2D eigenvalue weighted by Gasteiger charge is 2.22. The SMILES string of the molecule is CNc1nccc(-c2cccnc2Oc2cc(F)c(NSCc3cc(F)ccc3F)c(F)c2F)n1. The molecule has 0 radical (unpaired) electrons. The first-order valence-corrected chi connectivity index (χ1v) is 11.0. The second kappa shape index (κ2) is 10.6. The van der Waals surface area contributed by atoms with Crippen molar-refractivity contribution in [2.75, 3.05) is 17.1 Å². The number of ether oxygens (including phenoxy) is 1. The van der Waals surface area contributed by atoms with Gasteiger partial charge >= 0.3 is 0 Å². The topological polar surface area (TPSA) is 72.0 Å². The van der Waals surface area contributed by atoms with E-state index >= 15 is 0 Å².